The molecule has 86 valence electrons. The minimum absolute atomic E-state index is 0.500. The highest BCUT2D eigenvalue weighted by molar-refractivity contribution is 7.80. The van der Waals surface area contributed by atoms with Gasteiger partial charge in [-0.1, -0.05) is 17.7 Å². The van der Waals surface area contributed by atoms with Gasteiger partial charge in [0.2, 0.25) is 0 Å². The maximum Gasteiger partial charge on any atom is 0.175 e. The zero-order valence-electron chi connectivity index (χ0n) is 8.85. The number of nitrogens with zero attached hydrogens (tertiary/aromatic N) is 1. The molecule has 2 aromatic rings. The normalized spacial score (nSPS) is 9.71. The quantitative estimate of drug-likeness (QED) is 0.813. The van der Waals surface area contributed by atoms with Crippen molar-refractivity contribution in [3.05, 3.63) is 53.8 Å². The first-order chi connectivity index (χ1) is 8.24. The molecule has 2 rings (SSSR count). The molecule has 0 amide bonds. The van der Waals surface area contributed by atoms with E-state index in [9.17, 15) is 0 Å². The van der Waals surface area contributed by atoms with Crippen molar-refractivity contribution in [1.82, 2.24) is 4.98 Å². The second-order valence-electron chi connectivity index (χ2n) is 3.33. The number of thiocarbonyl (C=S) groups is 1. The maximum atomic E-state index is 5.87. The van der Waals surface area contributed by atoms with Crippen LogP contribution < -0.4 is 10.6 Å². The monoisotopic (exact) mass is 263 g/mol. The summed E-state index contributed by atoms with van der Waals surface area (Å²) in [5.41, 5.74) is 1.69. The lowest BCUT2D eigenvalue weighted by molar-refractivity contribution is 1.33. The summed E-state index contributed by atoms with van der Waals surface area (Å²) in [5, 5.41) is 7.23. The highest BCUT2D eigenvalue weighted by Crippen LogP contribution is 2.15. The molecule has 0 unspecified atom stereocenters. The van der Waals surface area contributed by atoms with Gasteiger partial charge in [0.15, 0.2) is 5.11 Å². The van der Waals surface area contributed by atoms with Crippen LogP contribution in [-0.2, 0) is 0 Å². The molecule has 0 aliphatic rings. The Morgan fingerprint density at radius 3 is 2.59 bits per heavy atom. The van der Waals surface area contributed by atoms with Crippen molar-refractivity contribution < 1.29 is 0 Å². The van der Waals surface area contributed by atoms with Gasteiger partial charge in [-0.25, -0.2) is 0 Å². The van der Waals surface area contributed by atoms with Crippen molar-refractivity contribution in [2.75, 3.05) is 10.6 Å². The summed E-state index contributed by atoms with van der Waals surface area (Å²) in [7, 11) is 0. The Labute approximate surface area is 110 Å². The molecule has 0 atom stereocenters. The molecule has 0 radical (unpaired) electrons. The predicted molar refractivity (Wildman–Crippen MR) is 75.5 cm³/mol. The number of rotatable bonds is 2. The van der Waals surface area contributed by atoms with E-state index in [0.717, 1.165) is 11.4 Å². The predicted octanol–water partition coefficient (Wildman–Crippen LogP) is 3.54. The van der Waals surface area contributed by atoms with E-state index in [-0.39, 0.29) is 0 Å². The smallest absolute Gasteiger partial charge is 0.175 e. The molecule has 0 saturated carbocycles. The average Bonchev–Trinajstić information content (AvgIpc) is 2.30. The number of aromatic nitrogens is 1. The molecule has 5 heteroatoms. The Hall–Kier alpha value is -1.65. The van der Waals surface area contributed by atoms with Crippen LogP contribution in [0.1, 0.15) is 0 Å². The van der Waals surface area contributed by atoms with E-state index in [0.29, 0.717) is 10.1 Å². The third-order valence-electron chi connectivity index (χ3n) is 2.00. The summed E-state index contributed by atoms with van der Waals surface area (Å²) in [4.78, 5) is 3.99. The fraction of sp³-hybridized carbons (Fsp3) is 0. The molecule has 1 heterocycles. The van der Waals surface area contributed by atoms with Crippen LogP contribution in [0.15, 0.2) is 48.8 Å². The van der Waals surface area contributed by atoms with Crippen LogP contribution in [0.2, 0.25) is 5.02 Å². The number of anilines is 2. The summed E-state index contributed by atoms with van der Waals surface area (Å²) in [6.45, 7) is 0. The molecule has 1 aromatic carbocycles. The van der Waals surface area contributed by atoms with Crippen LogP contribution in [0, 0.1) is 0 Å². The van der Waals surface area contributed by atoms with Crippen molar-refractivity contribution in [1.29, 1.82) is 0 Å². The Bertz CT molecular complexity index is 516. The van der Waals surface area contributed by atoms with Gasteiger partial charge in [-0.05, 0) is 42.5 Å². The molecular formula is C12H10ClN3S. The fourth-order valence-corrected chi connectivity index (χ4v) is 1.72. The summed E-state index contributed by atoms with van der Waals surface area (Å²) in [5.74, 6) is 0. The largest absolute Gasteiger partial charge is 0.332 e. The van der Waals surface area contributed by atoms with Crippen molar-refractivity contribution in [2.45, 2.75) is 0 Å². The van der Waals surface area contributed by atoms with Gasteiger partial charge < -0.3 is 10.6 Å². The molecule has 0 saturated heterocycles. The lowest BCUT2D eigenvalue weighted by Gasteiger charge is -2.10. The number of benzene rings is 1. The van der Waals surface area contributed by atoms with E-state index in [4.69, 9.17) is 23.8 Å². The van der Waals surface area contributed by atoms with Crippen molar-refractivity contribution in [3.8, 4) is 0 Å². The van der Waals surface area contributed by atoms with Crippen LogP contribution in [0.3, 0.4) is 0 Å². The highest BCUT2D eigenvalue weighted by Gasteiger charge is 1.99. The van der Waals surface area contributed by atoms with Gasteiger partial charge >= 0.3 is 0 Å². The van der Waals surface area contributed by atoms with Crippen molar-refractivity contribution >= 4 is 40.3 Å². The third-order valence-corrected chi connectivity index (χ3v) is 2.44. The van der Waals surface area contributed by atoms with Crippen LogP contribution in [0.4, 0.5) is 11.4 Å². The Balaban J connectivity index is 1.98. The Morgan fingerprint density at radius 1 is 1.12 bits per heavy atom. The fourth-order valence-electron chi connectivity index (χ4n) is 1.30. The van der Waals surface area contributed by atoms with Gasteiger partial charge in [-0.15, -0.1) is 0 Å². The molecule has 0 aliphatic heterocycles. The molecule has 17 heavy (non-hydrogen) atoms. The number of hydrogen-bond acceptors (Lipinski definition) is 2. The van der Waals surface area contributed by atoms with E-state index in [2.05, 4.69) is 15.6 Å². The molecular weight excluding hydrogens is 254 g/mol. The van der Waals surface area contributed by atoms with Crippen molar-refractivity contribution in [2.24, 2.45) is 0 Å². The van der Waals surface area contributed by atoms with Crippen molar-refractivity contribution in [3.63, 3.8) is 0 Å². The third kappa shape index (κ3) is 3.69. The topological polar surface area (TPSA) is 37.0 Å². The summed E-state index contributed by atoms with van der Waals surface area (Å²) >= 11 is 11.0. The van der Waals surface area contributed by atoms with E-state index < -0.39 is 0 Å². The van der Waals surface area contributed by atoms with E-state index in [1.165, 1.54) is 0 Å². The van der Waals surface area contributed by atoms with Gasteiger partial charge in [0.1, 0.15) is 0 Å². The van der Waals surface area contributed by atoms with E-state index in [1.54, 1.807) is 18.5 Å². The van der Waals surface area contributed by atoms with Gasteiger partial charge in [0.05, 0.1) is 11.9 Å². The standard InChI is InChI=1S/C12H10ClN3S/c13-9-3-1-4-10(7-9)15-12(17)16-11-5-2-6-14-8-11/h1-8H,(H2,15,16,17). The van der Waals surface area contributed by atoms with E-state index >= 15 is 0 Å². The second-order valence-corrected chi connectivity index (χ2v) is 4.18. The number of pyridine rings is 1. The average molecular weight is 264 g/mol. The number of hydrogen-bond donors (Lipinski definition) is 2. The zero-order chi connectivity index (χ0) is 12.1. The SMILES string of the molecule is S=C(Nc1cccnc1)Nc1cccc(Cl)c1. The lowest BCUT2D eigenvalue weighted by Crippen LogP contribution is -2.18. The van der Waals surface area contributed by atoms with Crippen LogP contribution >= 0.6 is 23.8 Å². The molecule has 2 N–H and O–H groups in total. The summed E-state index contributed by atoms with van der Waals surface area (Å²) < 4.78 is 0. The van der Waals surface area contributed by atoms with Gasteiger partial charge in [0, 0.05) is 16.9 Å². The number of halogens is 1. The van der Waals surface area contributed by atoms with E-state index in [1.807, 2.05) is 30.3 Å². The minimum Gasteiger partial charge on any atom is -0.332 e. The van der Waals surface area contributed by atoms with Crippen LogP contribution in [0.5, 0.6) is 0 Å². The van der Waals surface area contributed by atoms with Gasteiger partial charge in [-0.2, -0.15) is 0 Å². The first-order valence-corrected chi connectivity index (χ1v) is 5.76. The van der Waals surface area contributed by atoms with Crippen LogP contribution in [-0.4, -0.2) is 10.1 Å². The number of nitrogens with one attached hydrogen (secondary N) is 2. The first-order valence-electron chi connectivity index (χ1n) is 4.97. The maximum absolute atomic E-state index is 5.87. The second kappa shape index (κ2) is 5.61. The van der Waals surface area contributed by atoms with Crippen LogP contribution in [0.25, 0.3) is 0 Å². The summed E-state index contributed by atoms with van der Waals surface area (Å²) in [6.07, 6.45) is 3.41. The zero-order valence-corrected chi connectivity index (χ0v) is 10.4. The first kappa shape index (κ1) is 11.8. The molecule has 1 aromatic heterocycles. The molecule has 0 fully saturated rings. The van der Waals surface area contributed by atoms with Gasteiger partial charge in [0.25, 0.3) is 0 Å². The Kier molecular flexibility index (Phi) is 3.90. The molecule has 0 spiro atoms. The highest BCUT2D eigenvalue weighted by atomic mass is 35.5. The molecule has 3 nitrogen and oxygen atoms in total. The Morgan fingerprint density at radius 2 is 1.88 bits per heavy atom. The summed E-state index contributed by atoms with van der Waals surface area (Å²) in [6, 6.07) is 11.1. The van der Waals surface area contributed by atoms with Gasteiger partial charge in [-0.3, -0.25) is 4.98 Å². The molecule has 0 bridgehead atoms. The molecule has 0 aliphatic carbocycles. The minimum atomic E-state index is 0.500. The lowest BCUT2D eigenvalue weighted by atomic mass is 10.3.